The summed E-state index contributed by atoms with van der Waals surface area (Å²) in [6.07, 6.45) is 0. The molecule has 0 unspecified atom stereocenters. The first kappa shape index (κ1) is 13.8. The van der Waals surface area contributed by atoms with Crippen LogP contribution in [0.2, 0.25) is 0 Å². The van der Waals surface area contributed by atoms with Crippen molar-refractivity contribution in [2.45, 2.75) is 24.5 Å². The molecule has 6 heteroatoms. The molecule has 1 aliphatic heterocycles. The number of benzene rings is 1. The lowest BCUT2D eigenvalue weighted by Crippen LogP contribution is -2.26. The molecule has 0 radical (unpaired) electrons. The van der Waals surface area contributed by atoms with Crippen LogP contribution in [-0.2, 0) is 29.7 Å². The molecule has 0 bridgehead atoms. The Hall–Kier alpha value is -1.21. The van der Waals surface area contributed by atoms with Crippen molar-refractivity contribution in [2.24, 2.45) is 0 Å². The molecule has 2 aromatic rings. The molecule has 0 aliphatic carbocycles. The van der Waals surface area contributed by atoms with Gasteiger partial charge in [0.15, 0.2) is 0 Å². The van der Waals surface area contributed by atoms with Crippen molar-refractivity contribution in [2.75, 3.05) is 7.05 Å². The number of sulfonamides is 1. The van der Waals surface area contributed by atoms with Crippen LogP contribution in [0.3, 0.4) is 0 Å². The minimum atomic E-state index is -3.41. The van der Waals surface area contributed by atoms with Gasteiger partial charge in [-0.15, -0.1) is 11.3 Å². The van der Waals surface area contributed by atoms with Gasteiger partial charge >= 0.3 is 0 Å². The number of nitrogens with zero attached hydrogens (tertiary/aromatic N) is 1. The Morgan fingerprint density at radius 2 is 1.85 bits per heavy atom. The number of hydrogen-bond donors (Lipinski definition) is 1. The highest BCUT2D eigenvalue weighted by Crippen LogP contribution is 2.31. The quantitative estimate of drug-likeness (QED) is 0.942. The summed E-state index contributed by atoms with van der Waals surface area (Å²) in [5.41, 5.74) is 2.20. The standard InChI is InChI=1S/C14H16N2O2S2/c1-15-8-13-14(6-7-19-13)20(17,18)16-9-11-4-2-3-5-12(11)10-16/h2-7,15H,8-10H2,1H3. The molecule has 0 saturated carbocycles. The second-order valence-corrected chi connectivity index (χ2v) is 7.69. The molecule has 106 valence electrons. The lowest BCUT2D eigenvalue weighted by atomic mass is 10.1. The van der Waals surface area contributed by atoms with Crippen LogP contribution in [-0.4, -0.2) is 19.8 Å². The molecule has 0 spiro atoms. The number of rotatable bonds is 4. The van der Waals surface area contributed by atoms with E-state index in [0.717, 1.165) is 16.0 Å². The number of thiophene rings is 1. The van der Waals surface area contributed by atoms with Crippen LogP contribution >= 0.6 is 11.3 Å². The lowest BCUT2D eigenvalue weighted by molar-refractivity contribution is 0.431. The van der Waals surface area contributed by atoms with Crippen LogP contribution in [0.15, 0.2) is 40.6 Å². The van der Waals surface area contributed by atoms with Crippen molar-refractivity contribution < 1.29 is 8.42 Å². The first-order valence-corrected chi connectivity index (χ1v) is 8.73. The van der Waals surface area contributed by atoms with Gasteiger partial charge in [-0.3, -0.25) is 0 Å². The van der Waals surface area contributed by atoms with Gasteiger partial charge in [-0.25, -0.2) is 8.42 Å². The Morgan fingerprint density at radius 1 is 1.20 bits per heavy atom. The van der Waals surface area contributed by atoms with Gasteiger partial charge in [0.2, 0.25) is 10.0 Å². The maximum absolute atomic E-state index is 12.8. The Kier molecular flexibility index (Phi) is 3.64. The summed E-state index contributed by atoms with van der Waals surface area (Å²) < 4.78 is 27.1. The summed E-state index contributed by atoms with van der Waals surface area (Å²) >= 11 is 1.48. The topological polar surface area (TPSA) is 49.4 Å². The summed E-state index contributed by atoms with van der Waals surface area (Å²) in [5.74, 6) is 0. The second kappa shape index (κ2) is 5.29. The molecule has 1 N–H and O–H groups in total. The van der Waals surface area contributed by atoms with Crippen LogP contribution in [0.25, 0.3) is 0 Å². The normalized spacial score (nSPS) is 15.4. The van der Waals surface area contributed by atoms with Gasteiger partial charge in [0, 0.05) is 24.5 Å². The summed E-state index contributed by atoms with van der Waals surface area (Å²) in [6.45, 7) is 1.51. The van der Waals surface area contributed by atoms with E-state index in [4.69, 9.17) is 0 Å². The fourth-order valence-electron chi connectivity index (χ4n) is 2.46. The third kappa shape index (κ3) is 2.29. The number of hydrogen-bond acceptors (Lipinski definition) is 4. The number of nitrogens with one attached hydrogen (secondary N) is 1. The highest BCUT2D eigenvalue weighted by atomic mass is 32.2. The van der Waals surface area contributed by atoms with Crippen LogP contribution in [0.5, 0.6) is 0 Å². The van der Waals surface area contributed by atoms with E-state index in [-0.39, 0.29) is 0 Å². The first-order valence-electron chi connectivity index (χ1n) is 6.41. The Labute approximate surface area is 123 Å². The molecule has 2 heterocycles. The zero-order valence-corrected chi connectivity index (χ0v) is 12.8. The average Bonchev–Trinajstić information content (AvgIpc) is 3.05. The van der Waals surface area contributed by atoms with Crippen LogP contribution in [0.4, 0.5) is 0 Å². The zero-order valence-electron chi connectivity index (χ0n) is 11.2. The summed E-state index contributed by atoms with van der Waals surface area (Å²) in [5, 5.41) is 4.85. The average molecular weight is 308 g/mol. The molecular formula is C14H16N2O2S2. The maximum Gasteiger partial charge on any atom is 0.244 e. The van der Waals surface area contributed by atoms with Crippen molar-refractivity contribution in [1.29, 1.82) is 0 Å². The summed E-state index contributed by atoms with van der Waals surface area (Å²) in [7, 11) is -1.59. The summed E-state index contributed by atoms with van der Waals surface area (Å²) in [6, 6.07) is 9.59. The molecule has 1 aliphatic rings. The van der Waals surface area contributed by atoms with E-state index in [1.165, 1.54) is 11.3 Å². The Bertz CT molecular complexity index is 697. The minimum Gasteiger partial charge on any atom is -0.315 e. The molecule has 0 fully saturated rings. The first-order chi connectivity index (χ1) is 9.63. The highest BCUT2D eigenvalue weighted by molar-refractivity contribution is 7.89. The highest BCUT2D eigenvalue weighted by Gasteiger charge is 2.32. The predicted octanol–water partition coefficient (Wildman–Crippen LogP) is 2.17. The molecule has 0 atom stereocenters. The van der Waals surface area contributed by atoms with Crippen molar-refractivity contribution in [3.8, 4) is 0 Å². The molecular weight excluding hydrogens is 292 g/mol. The predicted molar refractivity (Wildman–Crippen MR) is 80.0 cm³/mol. The largest absolute Gasteiger partial charge is 0.315 e. The van der Waals surface area contributed by atoms with E-state index >= 15 is 0 Å². The Morgan fingerprint density at radius 3 is 2.45 bits per heavy atom. The van der Waals surface area contributed by atoms with E-state index in [0.29, 0.717) is 24.5 Å². The molecule has 4 nitrogen and oxygen atoms in total. The van der Waals surface area contributed by atoms with Crippen molar-refractivity contribution >= 4 is 21.4 Å². The SMILES string of the molecule is CNCc1sccc1S(=O)(=O)N1Cc2ccccc2C1. The van der Waals surface area contributed by atoms with Gasteiger partial charge in [-0.05, 0) is 29.6 Å². The fraction of sp³-hybridized carbons (Fsp3) is 0.286. The third-order valence-electron chi connectivity index (χ3n) is 3.47. The van der Waals surface area contributed by atoms with E-state index in [1.54, 1.807) is 10.4 Å². The summed E-state index contributed by atoms with van der Waals surface area (Å²) in [4.78, 5) is 1.30. The van der Waals surface area contributed by atoms with Crippen molar-refractivity contribution in [1.82, 2.24) is 9.62 Å². The van der Waals surface area contributed by atoms with Crippen LogP contribution in [0, 0.1) is 0 Å². The molecule has 20 heavy (non-hydrogen) atoms. The molecule has 1 aromatic heterocycles. The van der Waals surface area contributed by atoms with Crippen molar-refractivity contribution in [3.63, 3.8) is 0 Å². The van der Waals surface area contributed by atoms with E-state index in [9.17, 15) is 8.42 Å². The van der Waals surface area contributed by atoms with Gasteiger partial charge < -0.3 is 5.32 Å². The van der Waals surface area contributed by atoms with Gasteiger partial charge in [0.05, 0.1) is 4.90 Å². The minimum absolute atomic E-state index is 0.435. The zero-order chi connectivity index (χ0) is 14.2. The Balaban J connectivity index is 1.93. The maximum atomic E-state index is 12.8. The monoisotopic (exact) mass is 308 g/mol. The van der Waals surface area contributed by atoms with Gasteiger partial charge in [-0.2, -0.15) is 4.31 Å². The van der Waals surface area contributed by atoms with E-state index < -0.39 is 10.0 Å². The molecule has 3 rings (SSSR count). The van der Waals surface area contributed by atoms with Crippen molar-refractivity contribution in [3.05, 3.63) is 51.7 Å². The van der Waals surface area contributed by atoms with E-state index in [1.807, 2.05) is 36.7 Å². The van der Waals surface area contributed by atoms with Gasteiger partial charge in [0.1, 0.15) is 0 Å². The van der Waals surface area contributed by atoms with Crippen LogP contribution in [0.1, 0.15) is 16.0 Å². The molecule has 1 aromatic carbocycles. The van der Waals surface area contributed by atoms with Gasteiger partial charge in [-0.1, -0.05) is 24.3 Å². The fourth-order valence-corrected chi connectivity index (χ4v) is 5.28. The van der Waals surface area contributed by atoms with Gasteiger partial charge in [0.25, 0.3) is 0 Å². The smallest absolute Gasteiger partial charge is 0.244 e. The molecule has 0 saturated heterocycles. The third-order valence-corrected chi connectivity index (χ3v) is 6.40. The van der Waals surface area contributed by atoms with Crippen LogP contribution < -0.4 is 5.32 Å². The lowest BCUT2D eigenvalue weighted by Gasteiger charge is -2.16. The van der Waals surface area contributed by atoms with E-state index in [2.05, 4.69) is 5.32 Å². The second-order valence-electron chi connectivity index (χ2n) is 4.78. The molecule has 0 amide bonds. The number of fused-ring (bicyclic) bond motifs is 1.